The summed E-state index contributed by atoms with van der Waals surface area (Å²) >= 11 is 0. The third-order valence-corrected chi connectivity index (χ3v) is 6.23. The number of nitrogens with one attached hydrogen (secondary N) is 1. The number of amides is 1. The molecule has 4 rings (SSSR count). The van der Waals surface area contributed by atoms with Crippen molar-refractivity contribution in [2.45, 2.75) is 44.1 Å². The predicted molar refractivity (Wildman–Crippen MR) is 127 cm³/mol. The highest BCUT2D eigenvalue weighted by atomic mass is 16.5. The molecule has 0 aliphatic heterocycles. The fourth-order valence-corrected chi connectivity index (χ4v) is 4.65. The van der Waals surface area contributed by atoms with Gasteiger partial charge in [-0.25, -0.2) is 4.79 Å². The molecule has 1 amide bonds. The number of hydrogen-bond acceptors (Lipinski definition) is 4. The van der Waals surface area contributed by atoms with Gasteiger partial charge in [0.2, 0.25) is 5.91 Å². The highest BCUT2D eigenvalue weighted by molar-refractivity contribution is 5.77. The van der Waals surface area contributed by atoms with Crippen LogP contribution < -0.4 is 10.1 Å². The van der Waals surface area contributed by atoms with Gasteiger partial charge in [0.25, 0.3) is 0 Å². The summed E-state index contributed by atoms with van der Waals surface area (Å²) in [6.45, 7) is -0.642. The first-order valence-electron chi connectivity index (χ1n) is 11.5. The molecule has 1 atom stereocenters. The maximum Gasteiger partial charge on any atom is 0.337 e. The molecule has 3 aromatic rings. The van der Waals surface area contributed by atoms with Crippen LogP contribution >= 0.6 is 0 Å². The summed E-state index contributed by atoms with van der Waals surface area (Å²) in [5.41, 5.74) is 4.26. The van der Waals surface area contributed by atoms with E-state index in [1.54, 1.807) is 6.07 Å². The lowest BCUT2D eigenvalue weighted by atomic mass is 9.80. The van der Waals surface area contributed by atoms with Crippen LogP contribution in [0.4, 0.5) is 0 Å². The number of aliphatic hydroxyl groups is 1. The normalized spacial score (nSPS) is 15.0. The molecule has 5 heteroatoms. The molecule has 0 bridgehead atoms. The van der Waals surface area contributed by atoms with Crippen molar-refractivity contribution in [3.8, 4) is 5.75 Å². The standard InChI is InChI=1S/C28H29NO4/c30-19-27(32)33-25-16-8-14-23-20(13-7-15-24(23)25)17-18-26(31)29-28(21-9-3-1-4-10-21)22-11-5-2-6-12-22/h1-6,8-12,14,16,20,28,30H,7,13,15,17-19H2,(H,29,31). The Kier molecular flexibility index (Phi) is 7.53. The minimum atomic E-state index is -0.655. The van der Waals surface area contributed by atoms with Crippen LogP contribution in [0.2, 0.25) is 0 Å². The van der Waals surface area contributed by atoms with E-state index in [4.69, 9.17) is 9.84 Å². The first kappa shape index (κ1) is 22.7. The summed E-state index contributed by atoms with van der Waals surface area (Å²) in [4.78, 5) is 24.6. The van der Waals surface area contributed by atoms with Crippen molar-refractivity contribution >= 4 is 11.9 Å². The van der Waals surface area contributed by atoms with Crippen molar-refractivity contribution in [2.24, 2.45) is 0 Å². The number of aliphatic hydroxyl groups excluding tert-OH is 1. The van der Waals surface area contributed by atoms with Crippen molar-refractivity contribution in [1.29, 1.82) is 0 Å². The van der Waals surface area contributed by atoms with Crippen LogP contribution in [0.15, 0.2) is 78.9 Å². The van der Waals surface area contributed by atoms with E-state index in [0.717, 1.165) is 47.9 Å². The van der Waals surface area contributed by atoms with Crippen molar-refractivity contribution in [2.75, 3.05) is 6.61 Å². The van der Waals surface area contributed by atoms with Crippen LogP contribution in [0.3, 0.4) is 0 Å². The van der Waals surface area contributed by atoms with Gasteiger partial charge in [-0.15, -0.1) is 0 Å². The highest BCUT2D eigenvalue weighted by Gasteiger charge is 2.25. The van der Waals surface area contributed by atoms with E-state index >= 15 is 0 Å². The molecule has 1 aliphatic rings. The average molecular weight is 444 g/mol. The molecule has 0 fully saturated rings. The van der Waals surface area contributed by atoms with Gasteiger partial charge >= 0.3 is 5.97 Å². The van der Waals surface area contributed by atoms with Crippen LogP contribution in [0.1, 0.15) is 59.9 Å². The molecule has 0 heterocycles. The Morgan fingerprint density at radius 3 is 2.24 bits per heavy atom. The van der Waals surface area contributed by atoms with E-state index in [2.05, 4.69) is 11.4 Å². The summed E-state index contributed by atoms with van der Waals surface area (Å²) in [5, 5.41) is 12.2. The average Bonchev–Trinajstić information content (AvgIpc) is 2.87. The monoisotopic (exact) mass is 443 g/mol. The summed E-state index contributed by atoms with van der Waals surface area (Å²) in [6.07, 6.45) is 3.95. The number of benzene rings is 3. The molecule has 33 heavy (non-hydrogen) atoms. The second-order valence-electron chi connectivity index (χ2n) is 8.41. The van der Waals surface area contributed by atoms with Gasteiger partial charge in [-0.1, -0.05) is 72.8 Å². The van der Waals surface area contributed by atoms with Gasteiger partial charge < -0.3 is 15.2 Å². The molecule has 1 unspecified atom stereocenters. The fourth-order valence-electron chi connectivity index (χ4n) is 4.65. The maximum absolute atomic E-state index is 13.0. The van der Waals surface area contributed by atoms with Crippen LogP contribution in [-0.4, -0.2) is 23.6 Å². The molecule has 3 aromatic carbocycles. The number of ether oxygens (including phenoxy) is 1. The lowest BCUT2D eigenvalue weighted by Crippen LogP contribution is -2.29. The number of rotatable bonds is 8. The van der Waals surface area contributed by atoms with Crippen LogP contribution in [0.5, 0.6) is 5.75 Å². The Balaban J connectivity index is 1.45. The molecule has 0 aromatic heterocycles. The van der Waals surface area contributed by atoms with Crippen molar-refractivity contribution in [3.63, 3.8) is 0 Å². The Morgan fingerprint density at radius 1 is 0.939 bits per heavy atom. The molecule has 170 valence electrons. The van der Waals surface area contributed by atoms with Crippen molar-refractivity contribution in [3.05, 3.63) is 101 Å². The smallest absolute Gasteiger partial charge is 0.337 e. The second kappa shape index (κ2) is 10.9. The lowest BCUT2D eigenvalue weighted by molar-refractivity contribution is -0.137. The number of esters is 1. The summed E-state index contributed by atoms with van der Waals surface area (Å²) in [5.74, 6) is 0.119. The Hall–Kier alpha value is -3.44. The first-order valence-corrected chi connectivity index (χ1v) is 11.5. The topological polar surface area (TPSA) is 75.6 Å². The largest absolute Gasteiger partial charge is 0.425 e. The zero-order valence-corrected chi connectivity index (χ0v) is 18.6. The zero-order chi connectivity index (χ0) is 23.0. The van der Waals surface area contributed by atoms with Gasteiger partial charge in [0.1, 0.15) is 12.4 Å². The third kappa shape index (κ3) is 5.68. The summed E-state index contributed by atoms with van der Waals surface area (Å²) in [7, 11) is 0. The molecular formula is C28H29NO4. The Labute approximate surface area is 194 Å². The first-order chi connectivity index (χ1) is 16.2. The minimum Gasteiger partial charge on any atom is -0.425 e. The molecule has 0 saturated carbocycles. The molecule has 0 spiro atoms. The maximum atomic E-state index is 13.0. The van der Waals surface area contributed by atoms with Gasteiger partial charge in [-0.2, -0.15) is 0 Å². The van der Waals surface area contributed by atoms with Crippen LogP contribution in [0.25, 0.3) is 0 Å². The third-order valence-electron chi connectivity index (χ3n) is 6.23. The minimum absolute atomic E-state index is 0.0164. The van der Waals surface area contributed by atoms with Crippen LogP contribution in [-0.2, 0) is 16.0 Å². The molecule has 0 radical (unpaired) electrons. The molecular weight excluding hydrogens is 414 g/mol. The summed E-state index contributed by atoms with van der Waals surface area (Å²) < 4.78 is 5.32. The van der Waals surface area contributed by atoms with Gasteiger partial charge in [0.15, 0.2) is 0 Å². The van der Waals surface area contributed by atoms with Crippen LogP contribution in [0, 0.1) is 0 Å². The van der Waals surface area contributed by atoms with Gasteiger partial charge in [0.05, 0.1) is 6.04 Å². The summed E-state index contributed by atoms with van der Waals surface area (Å²) in [6, 6.07) is 25.5. The van der Waals surface area contributed by atoms with Gasteiger partial charge in [-0.05, 0) is 59.9 Å². The number of fused-ring (bicyclic) bond motifs is 1. The number of carbonyl (C=O) groups is 2. The predicted octanol–water partition coefficient (Wildman–Crippen LogP) is 4.69. The van der Waals surface area contributed by atoms with Crippen molar-refractivity contribution < 1.29 is 19.4 Å². The Morgan fingerprint density at radius 2 is 1.61 bits per heavy atom. The number of hydrogen-bond donors (Lipinski definition) is 2. The SMILES string of the molecule is O=C(CCC1CCCc2c(OC(=O)CO)cccc21)NC(c1ccccc1)c1ccccc1. The van der Waals surface area contributed by atoms with E-state index < -0.39 is 12.6 Å². The zero-order valence-electron chi connectivity index (χ0n) is 18.6. The lowest BCUT2D eigenvalue weighted by Gasteiger charge is -2.27. The van der Waals surface area contributed by atoms with Gasteiger partial charge in [-0.3, -0.25) is 4.79 Å². The molecule has 0 saturated heterocycles. The molecule has 5 nitrogen and oxygen atoms in total. The Bertz CT molecular complexity index is 1040. The molecule has 2 N–H and O–H groups in total. The van der Waals surface area contributed by atoms with Gasteiger partial charge in [0, 0.05) is 6.42 Å². The van der Waals surface area contributed by atoms with E-state index in [1.165, 1.54) is 0 Å². The van der Waals surface area contributed by atoms with E-state index in [1.807, 2.05) is 66.7 Å². The van der Waals surface area contributed by atoms with E-state index in [9.17, 15) is 9.59 Å². The van der Waals surface area contributed by atoms with E-state index in [-0.39, 0.29) is 17.9 Å². The number of carbonyl (C=O) groups excluding carboxylic acids is 2. The highest BCUT2D eigenvalue weighted by Crippen LogP contribution is 2.39. The second-order valence-corrected chi connectivity index (χ2v) is 8.41. The molecule has 1 aliphatic carbocycles. The quantitative estimate of drug-likeness (QED) is 0.391. The fraction of sp³-hybridized carbons (Fsp3) is 0.286. The van der Waals surface area contributed by atoms with Crippen molar-refractivity contribution in [1.82, 2.24) is 5.32 Å². The van der Waals surface area contributed by atoms with E-state index in [0.29, 0.717) is 12.2 Å².